The lowest BCUT2D eigenvalue weighted by Crippen LogP contribution is -2.19. The average molecular weight is 286 g/mol. The minimum atomic E-state index is -0.0513. The lowest BCUT2D eigenvalue weighted by Gasteiger charge is -2.15. The Morgan fingerprint density at radius 1 is 1.29 bits per heavy atom. The van der Waals surface area contributed by atoms with Crippen molar-refractivity contribution in [2.24, 2.45) is 0 Å². The number of pyridine rings is 1. The van der Waals surface area contributed by atoms with Crippen LogP contribution in [0.3, 0.4) is 0 Å². The largest absolute Gasteiger partial charge is 0.439 e. The lowest BCUT2D eigenvalue weighted by molar-refractivity contribution is 0.276. The third-order valence-electron chi connectivity index (χ3n) is 3.32. The molecule has 0 saturated heterocycles. The summed E-state index contributed by atoms with van der Waals surface area (Å²) < 4.78 is 5.80. The van der Waals surface area contributed by atoms with Crippen LogP contribution in [-0.2, 0) is 6.61 Å². The molecule has 2 rings (SSSR count). The van der Waals surface area contributed by atoms with E-state index in [1.807, 2.05) is 36.4 Å². The molecule has 0 aliphatic rings. The van der Waals surface area contributed by atoms with E-state index in [0.717, 1.165) is 24.1 Å². The molecule has 21 heavy (non-hydrogen) atoms. The Labute approximate surface area is 125 Å². The zero-order valence-electron chi connectivity index (χ0n) is 12.5. The fourth-order valence-corrected chi connectivity index (χ4v) is 2.08. The number of aliphatic hydroxyl groups is 1. The zero-order valence-corrected chi connectivity index (χ0v) is 12.5. The molecule has 0 aliphatic carbocycles. The van der Waals surface area contributed by atoms with Gasteiger partial charge in [0.15, 0.2) is 0 Å². The summed E-state index contributed by atoms with van der Waals surface area (Å²) in [7, 11) is 0. The predicted octanol–water partition coefficient (Wildman–Crippen LogP) is 3.43. The van der Waals surface area contributed by atoms with E-state index in [1.165, 1.54) is 0 Å². The highest BCUT2D eigenvalue weighted by Crippen LogP contribution is 2.25. The maximum atomic E-state index is 9.33. The first-order chi connectivity index (χ1) is 10.2. The third-order valence-corrected chi connectivity index (χ3v) is 3.32. The SMILES string of the molecule is CCCNC(C)c1ccnc(Oc2ccccc2CO)c1. The quantitative estimate of drug-likeness (QED) is 0.819. The fraction of sp³-hybridized carbons (Fsp3) is 0.353. The summed E-state index contributed by atoms with van der Waals surface area (Å²) in [5.74, 6) is 1.18. The Hall–Kier alpha value is -1.91. The molecule has 4 nitrogen and oxygen atoms in total. The van der Waals surface area contributed by atoms with Crippen molar-refractivity contribution in [3.63, 3.8) is 0 Å². The molecule has 1 atom stereocenters. The van der Waals surface area contributed by atoms with E-state index < -0.39 is 0 Å². The van der Waals surface area contributed by atoms with E-state index in [2.05, 4.69) is 24.1 Å². The van der Waals surface area contributed by atoms with Crippen LogP contribution in [0.1, 0.15) is 37.4 Å². The second-order valence-corrected chi connectivity index (χ2v) is 4.97. The Morgan fingerprint density at radius 3 is 2.86 bits per heavy atom. The van der Waals surface area contributed by atoms with Gasteiger partial charge in [-0.2, -0.15) is 0 Å². The Balaban J connectivity index is 2.14. The number of aromatic nitrogens is 1. The number of hydrogen-bond acceptors (Lipinski definition) is 4. The number of ether oxygens (including phenoxy) is 1. The van der Waals surface area contributed by atoms with Gasteiger partial charge in [0.05, 0.1) is 6.61 Å². The summed E-state index contributed by atoms with van der Waals surface area (Å²) in [6.45, 7) is 5.19. The van der Waals surface area contributed by atoms with Crippen LogP contribution in [-0.4, -0.2) is 16.6 Å². The normalized spacial score (nSPS) is 12.1. The lowest BCUT2D eigenvalue weighted by atomic mass is 10.1. The van der Waals surface area contributed by atoms with E-state index in [1.54, 1.807) is 6.20 Å². The van der Waals surface area contributed by atoms with Crippen LogP contribution in [0.15, 0.2) is 42.6 Å². The number of hydrogen-bond donors (Lipinski definition) is 2. The number of nitrogens with zero attached hydrogens (tertiary/aromatic N) is 1. The highest BCUT2D eigenvalue weighted by molar-refractivity contribution is 5.36. The van der Waals surface area contributed by atoms with Crippen LogP contribution >= 0.6 is 0 Å². The molecule has 0 spiro atoms. The van der Waals surface area contributed by atoms with Gasteiger partial charge in [0.1, 0.15) is 5.75 Å². The molecule has 0 radical (unpaired) electrons. The molecule has 2 N–H and O–H groups in total. The zero-order chi connectivity index (χ0) is 15.1. The van der Waals surface area contributed by atoms with Gasteiger partial charge < -0.3 is 15.2 Å². The summed E-state index contributed by atoms with van der Waals surface area (Å²) >= 11 is 0. The van der Waals surface area contributed by atoms with Crippen LogP contribution in [0.25, 0.3) is 0 Å². The monoisotopic (exact) mass is 286 g/mol. The maximum Gasteiger partial charge on any atom is 0.219 e. The fourth-order valence-electron chi connectivity index (χ4n) is 2.08. The van der Waals surface area contributed by atoms with Crippen molar-refractivity contribution in [2.45, 2.75) is 32.9 Å². The molecule has 0 bridgehead atoms. The molecule has 1 unspecified atom stereocenters. The molecular formula is C17H22N2O2. The highest BCUT2D eigenvalue weighted by atomic mass is 16.5. The van der Waals surface area contributed by atoms with Gasteiger partial charge in [0.25, 0.3) is 0 Å². The Bertz CT molecular complexity index is 572. The molecule has 1 heterocycles. The first-order valence-electron chi connectivity index (χ1n) is 7.30. The number of benzene rings is 1. The molecular weight excluding hydrogens is 264 g/mol. The molecule has 0 fully saturated rings. The average Bonchev–Trinajstić information content (AvgIpc) is 2.53. The summed E-state index contributed by atoms with van der Waals surface area (Å²) in [5.41, 5.74) is 1.89. The van der Waals surface area contributed by atoms with Crippen LogP contribution in [0.2, 0.25) is 0 Å². The van der Waals surface area contributed by atoms with E-state index in [4.69, 9.17) is 4.74 Å². The Morgan fingerprint density at radius 2 is 2.10 bits per heavy atom. The van der Waals surface area contributed by atoms with E-state index >= 15 is 0 Å². The summed E-state index contributed by atoms with van der Waals surface area (Å²) in [4.78, 5) is 4.24. The van der Waals surface area contributed by atoms with Gasteiger partial charge in [-0.15, -0.1) is 0 Å². The molecule has 0 saturated carbocycles. The number of aliphatic hydroxyl groups excluding tert-OH is 1. The van der Waals surface area contributed by atoms with Crippen LogP contribution in [0.4, 0.5) is 0 Å². The number of para-hydroxylation sites is 1. The van der Waals surface area contributed by atoms with Crippen LogP contribution in [0, 0.1) is 0 Å². The first kappa shape index (κ1) is 15.5. The van der Waals surface area contributed by atoms with Crippen molar-refractivity contribution in [1.29, 1.82) is 0 Å². The highest BCUT2D eigenvalue weighted by Gasteiger charge is 2.08. The van der Waals surface area contributed by atoms with Crippen molar-refractivity contribution in [1.82, 2.24) is 10.3 Å². The van der Waals surface area contributed by atoms with Crippen LogP contribution < -0.4 is 10.1 Å². The maximum absolute atomic E-state index is 9.33. The first-order valence-corrected chi connectivity index (χ1v) is 7.30. The van der Waals surface area contributed by atoms with Crippen LogP contribution in [0.5, 0.6) is 11.6 Å². The molecule has 1 aromatic carbocycles. The van der Waals surface area contributed by atoms with Gasteiger partial charge >= 0.3 is 0 Å². The third kappa shape index (κ3) is 4.28. The van der Waals surface area contributed by atoms with E-state index in [-0.39, 0.29) is 12.6 Å². The van der Waals surface area contributed by atoms with Crippen molar-refractivity contribution in [2.75, 3.05) is 6.54 Å². The van der Waals surface area contributed by atoms with Crippen molar-refractivity contribution in [3.05, 3.63) is 53.7 Å². The summed E-state index contributed by atoms with van der Waals surface area (Å²) in [6, 6.07) is 11.6. The molecule has 2 aromatic rings. The minimum absolute atomic E-state index is 0.0513. The minimum Gasteiger partial charge on any atom is -0.439 e. The van der Waals surface area contributed by atoms with Gasteiger partial charge in [-0.1, -0.05) is 25.1 Å². The van der Waals surface area contributed by atoms with Gasteiger partial charge in [-0.05, 0) is 37.6 Å². The van der Waals surface area contributed by atoms with Crippen molar-refractivity contribution < 1.29 is 9.84 Å². The van der Waals surface area contributed by atoms with Gasteiger partial charge in [0, 0.05) is 23.9 Å². The topological polar surface area (TPSA) is 54.4 Å². The number of nitrogens with one attached hydrogen (secondary N) is 1. The standard InChI is InChI=1S/C17H22N2O2/c1-3-9-18-13(2)14-8-10-19-17(11-14)21-16-7-5-4-6-15(16)12-20/h4-8,10-11,13,18,20H,3,9,12H2,1-2H3. The molecule has 0 amide bonds. The smallest absolute Gasteiger partial charge is 0.219 e. The Kier molecular flexibility index (Phi) is 5.72. The van der Waals surface area contributed by atoms with Gasteiger partial charge in [0.2, 0.25) is 5.88 Å². The van der Waals surface area contributed by atoms with E-state index in [9.17, 15) is 5.11 Å². The van der Waals surface area contributed by atoms with Crippen molar-refractivity contribution in [3.8, 4) is 11.6 Å². The molecule has 4 heteroatoms. The summed E-state index contributed by atoms with van der Waals surface area (Å²) in [6.07, 6.45) is 2.85. The number of rotatable bonds is 7. The van der Waals surface area contributed by atoms with Crippen molar-refractivity contribution >= 4 is 0 Å². The molecule has 1 aromatic heterocycles. The van der Waals surface area contributed by atoms with E-state index in [0.29, 0.717) is 11.6 Å². The van der Waals surface area contributed by atoms with Gasteiger partial charge in [-0.25, -0.2) is 4.98 Å². The second kappa shape index (κ2) is 7.76. The summed E-state index contributed by atoms with van der Waals surface area (Å²) in [5, 5.41) is 12.8. The molecule has 0 aliphatic heterocycles. The van der Waals surface area contributed by atoms with Gasteiger partial charge in [-0.3, -0.25) is 0 Å². The second-order valence-electron chi connectivity index (χ2n) is 4.97. The predicted molar refractivity (Wildman–Crippen MR) is 83.4 cm³/mol. The molecule has 112 valence electrons.